The number of carbonyl (C=O) groups excluding carboxylic acids is 1. The van der Waals surface area contributed by atoms with Gasteiger partial charge in [0.15, 0.2) is 5.78 Å². The predicted molar refractivity (Wildman–Crippen MR) is 125 cm³/mol. The second-order valence-corrected chi connectivity index (χ2v) is 9.41. The van der Waals surface area contributed by atoms with E-state index in [1.165, 1.54) is 29.1 Å². The Morgan fingerprint density at radius 3 is 2.45 bits per heavy atom. The summed E-state index contributed by atoms with van der Waals surface area (Å²) in [5, 5.41) is 1.06. The van der Waals surface area contributed by atoms with Gasteiger partial charge < -0.3 is 4.57 Å². The third-order valence-electron chi connectivity index (χ3n) is 5.67. The molecule has 0 saturated heterocycles. The molecule has 0 N–H and O–H groups in total. The van der Waals surface area contributed by atoms with Crippen LogP contribution in [-0.2, 0) is 24.1 Å². The number of hydrogen-bond acceptors (Lipinski definition) is 4. The van der Waals surface area contributed by atoms with E-state index in [4.69, 9.17) is 0 Å². The first-order chi connectivity index (χ1) is 15.9. The summed E-state index contributed by atoms with van der Waals surface area (Å²) in [6.07, 6.45) is 6.09. The van der Waals surface area contributed by atoms with Crippen LogP contribution in [0.25, 0.3) is 16.9 Å². The van der Waals surface area contributed by atoms with Gasteiger partial charge in [0.1, 0.15) is 17.5 Å². The Bertz CT molecular complexity index is 1350. The lowest BCUT2D eigenvalue weighted by Gasteiger charge is -2.13. The normalized spacial score (nSPS) is 14.5. The van der Waals surface area contributed by atoms with Crippen molar-refractivity contribution in [2.24, 2.45) is 0 Å². The van der Waals surface area contributed by atoms with Gasteiger partial charge in [-0.2, -0.15) is 0 Å². The molecule has 2 aromatic carbocycles. The number of halogens is 2. The van der Waals surface area contributed by atoms with E-state index in [0.717, 1.165) is 34.7 Å². The zero-order valence-electron chi connectivity index (χ0n) is 18.0. The van der Waals surface area contributed by atoms with Crippen LogP contribution in [0.5, 0.6) is 0 Å². The van der Waals surface area contributed by atoms with Crippen molar-refractivity contribution in [1.29, 1.82) is 0 Å². The lowest BCUT2D eigenvalue weighted by molar-refractivity contribution is -0.114. The fourth-order valence-corrected chi connectivity index (χ4v) is 5.06. The van der Waals surface area contributed by atoms with Crippen LogP contribution in [0.15, 0.2) is 66.4 Å². The van der Waals surface area contributed by atoms with Gasteiger partial charge in [0.2, 0.25) is 0 Å². The summed E-state index contributed by atoms with van der Waals surface area (Å²) in [4.78, 5) is 23.5. The average Bonchev–Trinajstić information content (AvgIpc) is 3.37. The molecule has 0 saturated carbocycles. The molecule has 33 heavy (non-hydrogen) atoms. The van der Waals surface area contributed by atoms with Crippen molar-refractivity contribution in [3.05, 3.63) is 99.4 Å². The van der Waals surface area contributed by atoms with E-state index in [-0.39, 0.29) is 23.8 Å². The Kier molecular flexibility index (Phi) is 5.72. The van der Waals surface area contributed by atoms with Gasteiger partial charge in [0, 0.05) is 28.7 Å². The second-order valence-electron chi connectivity index (χ2n) is 8.12. The maximum Gasteiger partial charge on any atom is 0.163 e. The van der Waals surface area contributed by atoms with Crippen molar-refractivity contribution in [2.45, 2.75) is 32.6 Å². The molecule has 0 atom stereocenters. The maximum absolute atomic E-state index is 13.5. The number of aromatic nitrogens is 3. The highest BCUT2D eigenvalue weighted by atomic mass is 32.1. The van der Waals surface area contributed by atoms with Gasteiger partial charge in [-0.1, -0.05) is 5.57 Å². The van der Waals surface area contributed by atoms with E-state index in [1.54, 1.807) is 52.4 Å². The first-order valence-electron chi connectivity index (χ1n) is 10.7. The largest absolute Gasteiger partial charge is 0.303 e. The first-order valence-corrected chi connectivity index (χ1v) is 11.5. The molecule has 0 amide bonds. The molecule has 4 nitrogen and oxygen atoms in total. The predicted octanol–water partition coefficient (Wildman–Crippen LogP) is 5.81. The summed E-state index contributed by atoms with van der Waals surface area (Å²) in [6, 6.07) is 12.1. The number of fused-ring (bicyclic) bond motifs is 1. The maximum atomic E-state index is 13.5. The third-order valence-corrected chi connectivity index (χ3v) is 6.75. The minimum absolute atomic E-state index is 0.0416. The van der Waals surface area contributed by atoms with Gasteiger partial charge in [-0.3, -0.25) is 4.79 Å². The molecule has 0 radical (unpaired) electrons. The van der Waals surface area contributed by atoms with Crippen molar-refractivity contribution < 1.29 is 13.6 Å². The quantitative estimate of drug-likeness (QED) is 0.353. The van der Waals surface area contributed by atoms with Crippen LogP contribution in [-0.4, -0.2) is 20.3 Å². The monoisotopic (exact) mass is 461 g/mol. The summed E-state index contributed by atoms with van der Waals surface area (Å²) in [7, 11) is 0. The van der Waals surface area contributed by atoms with Crippen LogP contribution in [0, 0.1) is 18.6 Å². The molecule has 2 heterocycles. The Morgan fingerprint density at radius 2 is 1.73 bits per heavy atom. The van der Waals surface area contributed by atoms with Crippen LogP contribution in [0.1, 0.15) is 27.8 Å². The molecular formula is C26H21F2N3OS. The topological polar surface area (TPSA) is 47.8 Å². The molecular weight excluding hydrogens is 440 g/mol. The van der Waals surface area contributed by atoms with E-state index in [1.807, 2.05) is 6.92 Å². The summed E-state index contributed by atoms with van der Waals surface area (Å²) in [6.45, 7) is 2.01. The van der Waals surface area contributed by atoms with Gasteiger partial charge in [-0.25, -0.2) is 18.7 Å². The highest BCUT2D eigenvalue weighted by molar-refractivity contribution is 7.11. The van der Waals surface area contributed by atoms with Gasteiger partial charge in [0.05, 0.1) is 22.8 Å². The SMILES string of the molecule is Cc1nc2c(s1)CC/C(=C\C(=O)Cc1nc(-c3ccc(F)cc3)cn1-c1ccc(F)cc1)C2. The number of imidazole rings is 1. The molecule has 0 unspecified atom stereocenters. The molecule has 1 aliphatic rings. The molecule has 0 aliphatic heterocycles. The summed E-state index contributed by atoms with van der Waals surface area (Å²) in [5.41, 5.74) is 4.22. The van der Waals surface area contributed by atoms with E-state index in [0.29, 0.717) is 23.6 Å². The first kappa shape index (κ1) is 21.4. The van der Waals surface area contributed by atoms with E-state index in [9.17, 15) is 13.6 Å². The lowest BCUT2D eigenvalue weighted by Crippen LogP contribution is -2.10. The molecule has 1 aliphatic carbocycles. The van der Waals surface area contributed by atoms with Crippen molar-refractivity contribution in [1.82, 2.24) is 14.5 Å². The van der Waals surface area contributed by atoms with Crippen molar-refractivity contribution in [3.8, 4) is 16.9 Å². The van der Waals surface area contributed by atoms with Gasteiger partial charge >= 0.3 is 0 Å². The number of aryl methyl sites for hydroxylation is 2. The lowest BCUT2D eigenvalue weighted by atomic mass is 9.95. The molecule has 0 bridgehead atoms. The Hall–Kier alpha value is -3.45. The third kappa shape index (κ3) is 4.68. The Labute approximate surface area is 194 Å². The van der Waals surface area contributed by atoms with Crippen LogP contribution in [0.2, 0.25) is 0 Å². The van der Waals surface area contributed by atoms with E-state index in [2.05, 4.69) is 9.97 Å². The van der Waals surface area contributed by atoms with Crippen LogP contribution in [0.4, 0.5) is 8.78 Å². The zero-order valence-corrected chi connectivity index (χ0v) is 18.8. The molecule has 166 valence electrons. The number of allylic oxidation sites excluding steroid dienone is 2. The number of carbonyl (C=O) groups is 1. The summed E-state index contributed by atoms with van der Waals surface area (Å²) < 4.78 is 28.6. The fraction of sp³-hybridized carbons (Fsp3) is 0.192. The molecule has 4 aromatic rings. The fourth-order valence-electron chi connectivity index (χ4n) is 4.11. The standard InChI is InChI=1S/C26H21F2N3OS/c1-16-29-23-13-17(2-11-25(23)33-16)12-22(32)14-26-30-24(18-3-5-19(27)6-4-18)15-31(26)21-9-7-20(28)8-10-21/h3-10,12,15H,2,11,13-14H2,1H3/b17-12+. The van der Waals surface area contributed by atoms with Gasteiger partial charge in [-0.15, -0.1) is 11.3 Å². The van der Waals surface area contributed by atoms with E-state index >= 15 is 0 Å². The smallest absolute Gasteiger partial charge is 0.163 e. The molecule has 0 spiro atoms. The number of nitrogens with zero attached hydrogens (tertiary/aromatic N) is 3. The van der Waals surface area contributed by atoms with Gasteiger partial charge in [-0.05, 0) is 74.4 Å². The molecule has 2 aromatic heterocycles. The van der Waals surface area contributed by atoms with Crippen LogP contribution >= 0.6 is 11.3 Å². The molecule has 7 heteroatoms. The summed E-state index contributed by atoms with van der Waals surface area (Å²) in [5.74, 6) is -0.164. The highest BCUT2D eigenvalue weighted by Gasteiger charge is 2.19. The highest BCUT2D eigenvalue weighted by Crippen LogP contribution is 2.29. The van der Waals surface area contributed by atoms with Gasteiger partial charge in [0.25, 0.3) is 0 Å². The Morgan fingerprint density at radius 1 is 1.03 bits per heavy atom. The number of ketones is 1. The van der Waals surface area contributed by atoms with Crippen LogP contribution in [0.3, 0.4) is 0 Å². The number of thiazole rings is 1. The second kappa shape index (κ2) is 8.83. The van der Waals surface area contributed by atoms with Crippen molar-refractivity contribution in [2.75, 3.05) is 0 Å². The molecule has 0 fully saturated rings. The van der Waals surface area contributed by atoms with Crippen molar-refractivity contribution >= 4 is 17.1 Å². The van der Waals surface area contributed by atoms with Crippen LogP contribution < -0.4 is 0 Å². The summed E-state index contributed by atoms with van der Waals surface area (Å²) >= 11 is 1.73. The van der Waals surface area contributed by atoms with Crippen molar-refractivity contribution in [3.63, 3.8) is 0 Å². The number of hydrogen-bond donors (Lipinski definition) is 0. The number of rotatable bonds is 5. The number of benzene rings is 2. The average molecular weight is 462 g/mol. The minimum Gasteiger partial charge on any atom is -0.303 e. The van der Waals surface area contributed by atoms with E-state index < -0.39 is 0 Å². The Balaban J connectivity index is 1.44. The molecule has 5 rings (SSSR count). The minimum atomic E-state index is -0.339. The zero-order chi connectivity index (χ0) is 22.9.